The third-order valence-corrected chi connectivity index (χ3v) is 5.09. The molecular weight excluding hydrogens is 320 g/mol. The predicted molar refractivity (Wildman–Crippen MR) is 90.9 cm³/mol. The number of aliphatic hydroxyl groups is 1. The average molecular weight is 344 g/mol. The van der Waals surface area contributed by atoms with Crippen molar-refractivity contribution in [1.29, 1.82) is 5.26 Å². The molecule has 0 bridgehead atoms. The zero-order valence-electron chi connectivity index (χ0n) is 14.3. The van der Waals surface area contributed by atoms with Crippen LogP contribution in [0.5, 0.6) is 5.75 Å². The molecule has 3 atom stereocenters. The van der Waals surface area contributed by atoms with Crippen LogP contribution in [0.15, 0.2) is 24.3 Å². The molecule has 1 amide bonds. The number of benzene rings is 1. The number of carbonyl (C=O) groups is 1. The predicted octanol–water partition coefficient (Wildman–Crippen LogP) is 1.52. The van der Waals surface area contributed by atoms with Gasteiger partial charge in [0.05, 0.1) is 31.8 Å². The summed E-state index contributed by atoms with van der Waals surface area (Å²) in [5, 5.41) is 18.7. The van der Waals surface area contributed by atoms with Crippen LogP contribution < -0.4 is 4.74 Å². The number of rotatable bonds is 5. The van der Waals surface area contributed by atoms with Crippen LogP contribution in [0.25, 0.3) is 0 Å². The lowest BCUT2D eigenvalue weighted by Gasteiger charge is -2.40. The second kappa shape index (κ2) is 8.32. The van der Waals surface area contributed by atoms with Gasteiger partial charge >= 0.3 is 0 Å². The van der Waals surface area contributed by atoms with E-state index in [1.807, 2.05) is 23.1 Å². The highest BCUT2D eigenvalue weighted by molar-refractivity contribution is 5.79. The Labute approximate surface area is 147 Å². The first-order valence-electron chi connectivity index (χ1n) is 8.83. The van der Waals surface area contributed by atoms with E-state index in [-0.39, 0.29) is 30.6 Å². The summed E-state index contributed by atoms with van der Waals surface area (Å²) in [5.41, 5.74) is 0.909. The molecule has 1 aromatic carbocycles. The van der Waals surface area contributed by atoms with Gasteiger partial charge in [0, 0.05) is 12.5 Å². The molecule has 1 aliphatic carbocycles. The Balaban J connectivity index is 1.63. The summed E-state index contributed by atoms with van der Waals surface area (Å²) >= 11 is 0. The lowest BCUT2D eigenvalue weighted by Crippen LogP contribution is -2.54. The van der Waals surface area contributed by atoms with E-state index in [4.69, 9.17) is 14.7 Å². The van der Waals surface area contributed by atoms with E-state index in [0.29, 0.717) is 31.9 Å². The molecular formula is C19H24N2O4. The fourth-order valence-electron chi connectivity index (χ4n) is 3.80. The lowest BCUT2D eigenvalue weighted by atomic mass is 9.93. The van der Waals surface area contributed by atoms with E-state index in [0.717, 1.165) is 24.8 Å². The third kappa shape index (κ3) is 4.30. The SMILES string of the molecule is N#CCOc1ccc(CC(=O)N2CCOCC2C2CCCC2O)cc1. The van der Waals surface area contributed by atoms with Gasteiger partial charge in [0.1, 0.15) is 11.8 Å². The van der Waals surface area contributed by atoms with Crippen LogP contribution in [-0.2, 0) is 16.0 Å². The summed E-state index contributed by atoms with van der Waals surface area (Å²) in [6.07, 6.45) is 2.75. The molecule has 1 N–H and O–H groups in total. The van der Waals surface area contributed by atoms with E-state index >= 15 is 0 Å². The molecule has 134 valence electrons. The maximum atomic E-state index is 12.8. The van der Waals surface area contributed by atoms with E-state index < -0.39 is 0 Å². The molecule has 0 aromatic heterocycles. The minimum atomic E-state index is -0.335. The van der Waals surface area contributed by atoms with Gasteiger partial charge in [-0.05, 0) is 30.5 Å². The average Bonchev–Trinajstić information content (AvgIpc) is 3.07. The molecule has 1 aliphatic heterocycles. The van der Waals surface area contributed by atoms with Gasteiger partial charge in [0.2, 0.25) is 5.91 Å². The van der Waals surface area contributed by atoms with Crippen LogP contribution in [0, 0.1) is 17.2 Å². The summed E-state index contributed by atoms with van der Waals surface area (Å²) in [6.45, 7) is 1.65. The van der Waals surface area contributed by atoms with Gasteiger partial charge in [0.25, 0.3) is 0 Å². The molecule has 2 fully saturated rings. The van der Waals surface area contributed by atoms with Crippen molar-refractivity contribution >= 4 is 5.91 Å². The van der Waals surface area contributed by atoms with Gasteiger partial charge < -0.3 is 19.5 Å². The van der Waals surface area contributed by atoms with E-state index in [1.165, 1.54) is 0 Å². The molecule has 6 heteroatoms. The highest BCUT2D eigenvalue weighted by Crippen LogP contribution is 2.32. The molecule has 3 rings (SSSR count). The fourth-order valence-corrected chi connectivity index (χ4v) is 3.80. The van der Waals surface area contributed by atoms with Crippen LogP contribution in [0.3, 0.4) is 0 Å². The minimum Gasteiger partial charge on any atom is -0.479 e. The van der Waals surface area contributed by atoms with Crippen molar-refractivity contribution in [3.8, 4) is 11.8 Å². The topological polar surface area (TPSA) is 82.8 Å². The van der Waals surface area contributed by atoms with E-state index in [1.54, 1.807) is 12.1 Å². The maximum Gasteiger partial charge on any atom is 0.227 e. The Morgan fingerprint density at radius 3 is 2.84 bits per heavy atom. The van der Waals surface area contributed by atoms with E-state index in [9.17, 15) is 9.90 Å². The number of aliphatic hydroxyl groups excluding tert-OH is 1. The van der Waals surface area contributed by atoms with Crippen molar-refractivity contribution in [3.05, 3.63) is 29.8 Å². The number of hydrogen-bond donors (Lipinski definition) is 1. The molecule has 1 saturated carbocycles. The molecule has 2 aliphatic rings. The molecule has 3 unspecified atom stereocenters. The first-order valence-corrected chi connectivity index (χ1v) is 8.83. The molecule has 25 heavy (non-hydrogen) atoms. The van der Waals surface area contributed by atoms with Crippen molar-refractivity contribution in [1.82, 2.24) is 4.90 Å². The van der Waals surface area contributed by atoms with Gasteiger partial charge in [-0.15, -0.1) is 0 Å². The zero-order valence-corrected chi connectivity index (χ0v) is 14.3. The molecule has 0 radical (unpaired) electrons. The summed E-state index contributed by atoms with van der Waals surface area (Å²) in [4.78, 5) is 14.7. The molecule has 6 nitrogen and oxygen atoms in total. The van der Waals surface area contributed by atoms with Crippen LogP contribution in [-0.4, -0.2) is 54.4 Å². The zero-order chi connectivity index (χ0) is 17.6. The third-order valence-electron chi connectivity index (χ3n) is 5.09. The van der Waals surface area contributed by atoms with Gasteiger partial charge in [-0.2, -0.15) is 5.26 Å². The molecule has 0 spiro atoms. The largest absolute Gasteiger partial charge is 0.479 e. The van der Waals surface area contributed by atoms with Crippen LogP contribution in [0.1, 0.15) is 24.8 Å². The van der Waals surface area contributed by atoms with Crippen molar-refractivity contribution in [2.24, 2.45) is 5.92 Å². The number of carbonyl (C=O) groups excluding carboxylic acids is 1. The Bertz CT molecular complexity index is 625. The van der Waals surface area contributed by atoms with Crippen molar-refractivity contribution in [3.63, 3.8) is 0 Å². The fraction of sp³-hybridized carbons (Fsp3) is 0.579. The molecule has 1 aromatic rings. The van der Waals surface area contributed by atoms with Crippen LogP contribution in [0.2, 0.25) is 0 Å². The van der Waals surface area contributed by atoms with Crippen LogP contribution >= 0.6 is 0 Å². The lowest BCUT2D eigenvalue weighted by molar-refractivity contribution is -0.143. The van der Waals surface area contributed by atoms with Crippen molar-refractivity contribution in [2.75, 3.05) is 26.4 Å². The first-order chi connectivity index (χ1) is 12.2. The summed E-state index contributed by atoms with van der Waals surface area (Å²) in [5.74, 6) is 0.806. The number of hydrogen-bond acceptors (Lipinski definition) is 5. The highest BCUT2D eigenvalue weighted by Gasteiger charge is 2.39. The van der Waals surface area contributed by atoms with Crippen molar-refractivity contribution < 1.29 is 19.4 Å². The summed E-state index contributed by atoms with van der Waals surface area (Å²) in [7, 11) is 0. The number of nitriles is 1. The van der Waals surface area contributed by atoms with E-state index in [2.05, 4.69) is 0 Å². The normalized spacial score (nSPS) is 26.2. The second-order valence-corrected chi connectivity index (χ2v) is 6.66. The standard InChI is InChI=1S/C19H24N2O4/c20-8-10-25-15-6-4-14(5-7-15)12-19(23)21-9-11-24-13-17(21)16-2-1-3-18(16)22/h4-7,16-18,22H,1-3,9-13H2. The maximum absolute atomic E-state index is 12.8. The van der Waals surface area contributed by atoms with Gasteiger partial charge in [-0.3, -0.25) is 4.79 Å². The van der Waals surface area contributed by atoms with Gasteiger partial charge in [-0.25, -0.2) is 0 Å². The Kier molecular flexibility index (Phi) is 5.90. The second-order valence-electron chi connectivity index (χ2n) is 6.66. The van der Waals surface area contributed by atoms with Crippen molar-refractivity contribution in [2.45, 2.75) is 37.8 Å². The first kappa shape index (κ1) is 17.7. The van der Waals surface area contributed by atoms with Gasteiger partial charge in [-0.1, -0.05) is 18.6 Å². The van der Waals surface area contributed by atoms with Crippen LogP contribution in [0.4, 0.5) is 0 Å². The Morgan fingerprint density at radius 2 is 2.16 bits per heavy atom. The minimum absolute atomic E-state index is 0.0114. The number of morpholine rings is 1. The van der Waals surface area contributed by atoms with Gasteiger partial charge in [0.15, 0.2) is 6.61 Å². The molecule has 1 heterocycles. The number of nitrogens with zero attached hydrogens (tertiary/aromatic N) is 2. The Hall–Kier alpha value is -2.10. The molecule has 1 saturated heterocycles. The monoisotopic (exact) mass is 344 g/mol. The summed E-state index contributed by atoms with van der Waals surface area (Å²) < 4.78 is 10.8. The quantitative estimate of drug-likeness (QED) is 0.876. The number of amides is 1. The Morgan fingerprint density at radius 1 is 1.36 bits per heavy atom. The number of ether oxygens (including phenoxy) is 2. The summed E-state index contributed by atoms with van der Waals surface area (Å²) in [6, 6.07) is 9.15. The highest BCUT2D eigenvalue weighted by atomic mass is 16.5. The smallest absolute Gasteiger partial charge is 0.227 e.